The van der Waals surface area contributed by atoms with Crippen LogP contribution in [0.3, 0.4) is 0 Å². The van der Waals surface area contributed by atoms with E-state index in [0.717, 1.165) is 0 Å². The Hall–Kier alpha value is -10.5. The fourth-order valence-electron chi connectivity index (χ4n) is 21.9. The molecule has 0 aromatic carbocycles. The number of carbonyl (C=O) groups is 15. The van der Waals surface area contributed by atoms with Crippen LogP contribution in [0.15, 0.2) is 0 Å². The van der Waals surface area contributed by atoms with Gasteiger partial charge in [-0.25, -0.2) is 57.5 Å². The highest BCUT2D eigenvalue weighted by Crippen LogP contribution is 2.61. The molecule has 27 amide bonds. The lowest BCUT2D eigenvalue weighted by atomic mass is 9.72. The van der Waals surface area contributed by atoms with Crippen molar-refractivity contribution < 1.29 is 71.9 Å². The minimum atomic E-state index is -1.65. The normalized spacial score (nSPS) is 39.1. The fraction of sp³-hybridized carbons (Fsp3) is 0.741. The van der Waals surface area contributed by atoms with E-state index >= 15 is 57.5 Å². The van der Waals surface area contributed by atoms with Crippen molar-refractivity contribution in [3.63, 3.8) is 0 Å². The second-order valence-corrected chi connectivity index (χ2v) is 30.8. The maximum absolute atomic E-state index is 16.4. The summed E-state index contributed by atoms with van der Waals surface area (Å²) in [7, 11) is 1.45. The molecule has 15 atom stereocenters. The molecule has 0 aromatic rings. The molecule has 7 N–H and O–H groups in total. The van der Waals surface area contributed by atoms with Crippen molar-refractivity contribution in [2.24, 2.45) is 0 Å². The minimum Gasteiger partial charge on any atom is -0.321 e. The fourth-order valence-corrected chi connectivity index (χ4v) is 21.9. The van der Waals surface area contributed by atoms with E-state index in [9.17, 15) is 14.4 Å². The zero-order valence-corrected chi connectivity index (χ0v) is 57.6. The van der Waals surface area contributed by atoms with Crippen LogP contribution in [0.1, 0.15) is 65.2 Å². The Morgan fingerprint density at radius 3 is 1.45 bits per heavy atom. The van der Waals surface area contributed by atoms with Crippen molar-refractivity contribution in [1.29, 1.82) is 0 Å². The van der Waals surface area contributed by atoms with Crippen LogP contribution < -0.4 is 37.2 Å². The van der Waals surface area contributed by atoms with Crippen LogP contribution in [0.5, 0.6) is 0 Å². The highest BCUT2D eigenvalue weighted by atomic mass is 16.2. The maximum Gasteiger partial charge on any atom is 0.326 e. The van der Waals surface area contributed by atoms with Crippen molar-refractivity contribution in [2.45, 2.75) is 155 Å². The van der Waals surface area contributed by atoms with Gasteiger partial charge in [-0.05, 0) is 58.8 Å². The van der Waals surface area contributed by atoms with Gasteiger partial charge in [-0.15, -0.1) is 0 Å². The molecule has 562 valence electrons. The van der Waals surface area contributed by atoms with E-state index in [0.29, 0.717) is 51.3 Å². The third-order valence-electron chi connectivity index (χ3n) is 26.8. The predicted molar refractivity (Wildman–Crippen MR) is 340 cm³/mol. The highest BCUT2D eigenvalue weighted by Gasteiger charge is 2.82. The smallest absolute Gasteiger partial charge is 0.321 e. The number of amides is 27. The lowest BCUT2D eigenvalue weighted by molar-refractivity contribution is -0.140. The van der Waals surface area contributed by atoms with Crippen molar-refractivity contribution in [3.05, 3.63) is 0 Å². The van der Waals surface area contributed by atoms with Gasteiger partial charge in [0.25, 0.3) is 0 Å². The number of urea groups is 12. The lowest BCUT2D eigenvalue weighted by Gasteiger charge is -2.58. The molecule has 47 nitrogen and oxygen atoms in total. The van der Waals surface area contributed by atoms with Gasteiger partial charge in [0.05, 0.1) is 71.5 Å². The molecule has 18 heterocycles. The molecule has 47 heteroatoms. The number of fused-ring (bicyclic) bond motifs is 11. The molecule has 18 aliphatic heterocycles. The molecule has 20 aliphatic rings. The summed E-state index contributed by atoms with van der Waals surface area (Å²) in [5.41, 5.74) is -6.17. The molecule has 20 rings (SSSR count). The average molecular weight is 1470 g/mol. The Bertz CT molecular complexity index is 3980. The minimum absolute atomic E-state index is 0.141. The number of nitrogens with one attached hydrogen (secondary N) is 7. The van der Waals surface area contributed by atoms with Crippen LogP contribution >= 0.6 is 0 Å². The van der Waals surface area contributed by atoms with Crippen molar-refractivity contribution in [3.8, 4) is 0 Å². The monoisotopic (exact) mass is 1460 g/mol. The summed E-state index contributed by atoms with van der Waals surface area (Å²) in [6.45, 7) is -4.23. The molecule has 20 fully saturated rings. The maximum atomic E-state index is 16.4. The SMILES string of the molecule is CC1C2NCN3CC4N5CN6C(=O)N7CN8C(=O)N9CN%10C(=O)N%11CNC(=O)N%12CN%13C(=O)N%14CN(C=O)C%15C(NCN(C)C(=O)N2CNC5=O)N(CN1C=O)C(=O)N%15CNC%14C%13NCN1C(=O)N(CN2C(=O)N(CN5C(=O)N(CNC7C6N(C=O)CN4C3=O)C83CCCCC593)C%10C%112)C2(C)CCCCC%1212. The van der Waals surface area contributed by atoms with E-state index in [4.69, 9.17) is 0 Å². The van der Waals surface area contributed by atoms with E-state index in [1.807, 2.05) is 6.92 Å². The molecule has 2 saturated carbocycles. The summed E-state index contributed by atoms with van der Waals surface area (Å²) in [4.78, 5) is 266. The van der Waals surface area contributed by atoms with Gasteiger partial charge in [0, 0.05) is 7.05 Å². The second-order valence-electron chi connectivity index (χ2n) is 30.8. The van der Waals surface area contributed by atoms with Crippen molar-refractivity contribution in [1.82, 2.24) is 160 Å². The van der Waals surface area contributed by atoms with E-state index in [1.165, 1.54) is 120 Å². The molecule has 3 spiro atoms. The average Bonchev–Trinajstić information content (AvgIpc) is 1.48. The zero-order valence-electron chi connectivity index (χ0n) is 57.6. The van der Waals surface area contributed by atoms with Crippen LogP contribution in [-0.4, -0.2) is 425 Å². The van der Waals surface area contributed by atoms with Crippen LogP contribution in [0, 0.1) is 0 Å². The van der Waals surface area contributed by atoms with E-state index in [-0.39, 0.29) is 59.2 Å². The Balaban J connectivity index is 0.745. The summed E-state index contributed by atoms with van der Waals surface area (Å²) >= 11 is 0. The van der Waals surface area contributed by atoms with Crippen molar-refractivity contribution in [2.75, 3.05) is 120 Å². The van der Waals surface area contributed by atoms with Crippen molar-refractivity contribution >= 4 is 91.6 Å². The highest BCUT2D eigenvalue weighted by molar-refractivity contribution is 5.93. The first-order chi connectivity index (χ1) is 50.6. The number of hydrogen-bond acceptors (Lipinski definition) is 20. The third kappa shape index (κ3) is 7.61. The summed E-state index contributed by atoms with van der Waals surface area (Å²) in [6.07, 6.45) is -8.16. The van der Waals surface area contributed by atoms with Gasteiger partial charge in [0.15, 0.2) is 23.7 Å². The second kappa shape index (κ2) is 21.6. The first kappa shape index (κ1) is 64.1. The van der Waals surface area contributed by atoms with Crippen LogP contribution in [-0.2, 0) is 14.4 Å². The Morgan fingerprint density at radius 1 is 0.333 bits per heavy atom. The molecule has 0 radical (unpaired) electrons. The number of rotatable bonds is 3. The Labute approximate surface area is 597 Å². The van der Waals surface area contributed by atoms with Gasteiger partial charge in [-0.3, -0.25) is 139 Å². The van der Waals surface area contributed by atoms with Crippen LogP contribution in [0.25, 0.3) is 0 Å². The first-order valence-corrected chi connectivity index (χ1v) is 35.7. The summed E-state index contributed by atoms with van der Waals surface area (Å²) in [6, 6.07) is -9.67. The van der Waals surface area contributed by atoms with Gasteiger partial charge in [-0.2, -0.15) is 0 Å². The topological polar surface area (TPSA) is 421 Å². The molecule has 18 saturated heterocycles. The molecule has 0 aromatic heterocycles. The van der Waals surface area contributed by atoms with Gasteiger partial charge in [0.1, 0.15) is 108 Å². The van der Waals surface area contributed by atoms with Gasteiger partial charge >= 0.3 is 72.4 Å². The lowest BCUT2D eigenvalue weighted by Crippen LogP contribution is -2.77. The first-order valence-electron chi connectivity index (χ1n) is 35.7. The standard InChI is InChI=1S/C58H80N32O15/c1-32-34-60-14-67-12-33-74-23-80-40(69(30-92)21-75(33)46(67)97)38-63-19-85-53(104)89-28-83-42-41-73(48(99)82(42)27-90-54(105)88(25-79(38)50(80)101)57(85)10-6-7-11-58(57,89)90)17-65-44(95)86-24-78-36(62-18-84-52(103)87(26-81(41)51(83)102)55(2)8-4-5-9-56(55,84)86)35-61-15-72-39(70(31-93)22-76(35)49(78)100)37(77(47(72)98)20-68(32)29-91)59-13-66(3)45(96)71(34)16-64-43(74)94/h29-42,59-63H,4-28H2,1-3H3,(H,64,94)(H,65,95). The molecule has 15 unspecified atom stereocenters. The van der Waals surface area contributed by atoms with E-state index < -0.39 is 236 Å². The van der Waals surface area contributed by atoms with Crippen LogP contribution in [0.4, 0.5) is 57.5 Å². The Kier molecular flexibility index (Phi) is 13.2. The zero-order chi connectivity index (χ0) is 72.5. The number of hydrogen-bond donors (Lipinski definition) is 7. The summed E-state index contributed by atoms with van der Waals surface area (Å²) in [5.74, 6) is 0. The molecule has 17 bridgehead atoms. The van der Waals surface area contributed by atoms with Gasteiger partial charge in [-0.1, -0.05) is 6.42 Å². The molecule has 105 heavy (non-hydrogen) atoms. The van der Waals surface area contributed by atoms with Gasteiger partial charge in [0.2, 0.25) is 19.2 Å². The van der Waals surface area contributed by atoms with E-state index in [1.54, 1.807) is 16.7 Å². The largest absolute Gasteiger partial charge is 0.326 e. The number of nitrogens with zero attached hydrogens (tertiary/aromatic N) is 25. The molecular weight excluding hydrogens is 1380 g/mol. The quantitative estimate of drug-likeness (QED) is 0.129. The van der Waals surface area contributed by atoms with Crippen LogP contribution in [0.2, 0.25) is 0 Å². The third-order valence-corrected chi connectivity index (χ3v) is 26.8. The molecular formula is C58H80N32O15. The van der Waals surface area contributed by atoms with E-state index in [2.05, 4.69) is 37.2 Å². The Morgan fingerprint density at radius 2 is 0.762 bits per heavy atom. The summed E-state index contributed by atoms with van der Waals surface area (Å²) < 4.78 is 0. The number of carbonyl (C=O) groups excluding carboxylic acids is 15. The summed E-state index contributed by atoms with van der Waals surface area (Å²) in [5, 5.41) is 22.7. The molecule has 2 aliphatic carbocycles. The van der Waals surface area contributed by atoms with Gasteiger partial charge < -0.3 is 35.1 Å². The predicted octanol–water partition coefficient (Wildman–Crippen LogP) is -6.59.